The van der Waals surface area contributed by atoms with Crippen molar-refractivity contribution in [2.75, 3.05) is 32.9 Å². The fraction of sp³-hybridized carbons (Fsp3) is 0.609. The third-order valence-electron chi connectivity index (χ3n) is 4.71. The summed E-state index contributed by atoms with van der Waals surface area (Å²) in [7, 11) is 3.41. The van der Waals surface area contributed by atoms with Gasteiger partial charge in [-0.2, -0.15) is 0 Å². The lowest BCUT2D eigenvalue weighted by Crippen LogP contribution is -2.52. The van der Waals surface area contributed by atoms with Gasteiger partial charge in [0, 0.05) is 46.3 Å². The zero-order valence-corrected chi connectivity index (χ0v) is 19.8. The van der Waals surface area contributed by atoms with E-state index in [9.17, 15) is 14.4 Å². The van der Waals surface area contributed by atoms with E-state index in [4.69, 9.17) is 0 Å². The van der Waals surface area contributed by atoms with E-state index in [2.05, 4.69) is 19.2 Å². The highest BCUT2D eigenvalue weighted by Crippen LogP contribution is 2.10. The molecule has 0 aromatic heterocycles. The van der Waals surface area contributed by atoms with Crippen molar-refractivity contribution in [3.05, 3.63) is 35.9 Å². The number of benzene rings is 1. The lowest BCUT2D eigenvalue weighted by atomic mass is 10.1. The molecule has 0 radical (unpaired) electrons. The van der Waals surface area contributed by atoms with Crippen LogP contribution >= 0.6 is 11.8 Å². The maximum Gasteiger partial charge on any atom is 0.318 e. The summed E-state index contributed by atoms with van der Waals surface area (Å²) < 4.78 is 0. The third-order valence-corrected chi connectivity index (χ3v) is 5.61. The van der Waals surface area contributed by atoms with Crippen molar-refractivity contribution in [2.45, 2.75) is 52.5 Å². The molecule has 0 saturated carbocycles. The first-order valence-electron chi connectivity index (χ1n) is 10.6. The van der Waals surface area contributed by atoms with Gasteiger partial charge in [0.25, 0.3) is 0 Å². The number of nitrogens with one attached hydrogen (secondary N) is 1. The van der Waals surface area contributed by atoms with Crippen LogP contribution in [0.15, 0.2) is 30.3 Å². The number of likely N-dealkylation sites (N-methyl/N-ethyl adjacent to an activating group) is 1. The number of carbonyl (C=O) groups excluding carboxylic acids is 3. The van der Waals surface area contributed by atoms with E-state index < -0.39 is 6.04 Å². The zero-order valence-electron chi connectivity index (χ0n) is 19.0. The van der Waals surface area contributed by atoms with E-state index in [1.54, 1.807) is 25.9 Å². The minimum Gasteiger partial charge on any atom is -0.347 e. The van der Waals surface area contributed by atoms with Gasteiger partial charge >= 0.3 is 6.03 Å². The van der Waals surface area contributed by atoms with Gasteiger partial charge in [-0.05, 0) is 30.7 Å². The van der Waals surface area contributed by atoms with E-state index in [-0.39, 0.29) is 17.1 Å². The van der Waals surface area contributed by atoms with Crippen LogP contribution in [0.25, 0.3) is 0 Å². The molecule has 0 aliphatic heterocycles. The normalized spacial score (nSPS) is 11.8. The number of hydrogen-bond acceptors (Lipinski definition) is 4. The van der Waals surface area contributed by atoms with Crippen molar-refractivity contribution in [1.29, 1.82) is 0 Å². The number of thioether (sulfide) groups is 1. The summed E-state index contributed by atoms with van der Waals surface area (Å²) in [5, 5.41) is 3.09. The predicted molar refractivity (Wildman–Crippen MR) is 125 cm³/mol. The fourth-order valence-corrected chi connectivity index (χ4v) is 3.59. The number of carbonyl (C=O) groups is 3. The Morgan fingerprint density at radius 3 is 2.27 bits per heavy atom. The Labute approximate surface area is 185 Å². The van der Waals surface area contributed by atoms with E-state index >= 15 is 0 Å². The van der Waals surface area contributed by atoms with Gasteiger partial charge in [0.1, 0.15) is 6.04 Å². The first-order chi connectivity index (χ1) is 14.2. The monoisotopic (exact) mass is 435 g/mol. The Bertz CT molecular complexity index is 665. The summed E-state index contributed by atoms with van der Waals surface area (Å²) in [5.41, 5.74) is 1.01. The number of nitrogens with zero attached hydrogens (tertiary/aromatic N) is 2. The Kier molecular flexibility index (Phi) is 12.2. The molecule has 30 heavy (non-hydrogen) atoms. The smallest absolute Gasteiger partial charge is 0.318 e. The highest BCUT2D eigenvalue weighted by molar-refractivity contribution is 8.13. The summed E-state index contributed by atoms with van der Waals surface area (Å²) in [6.07, 6.45) is 3.06. The molecule has 0 saturated heterocycles. The molecule has 6 nitrogen and oxygen atoms in total. The van der Waals surface area contributed by atoms with E-state index in [1.165, 1.54) is 16.7 Å². The molecule has 0 fully saturated rings. The summed E-state index contributed by atoms with van der Waals surface area (Å²) >= 11 is 1.32. The van der Waals surface area contributed by atoms with Gasteiger partial charge in [0.2, 0.25) is 5.91 Å². The molecule has 0 aliphatic carbocycles. The third kappa shape index (κ3) is 10.7. The standard InChI is InChI=1S/C23H37N3O3S/c1-18(2)13-15-26(14-9-10-16-30-19(3)27)23(29)24-21(22(28)25(4)5)17-20-11-7-6-8-12-20/h6-8,11-12,18,21H,9-10,13-17H2,1-5H3,(H,24,29)/t21-/m0/s1. The molecule has 0 aliphatic rings. The van der Waals surface area contributed by atoms with E-state index in [1.807, 2.05) is 30.3 Å². The zero-order chi connectivity index (χ0) is 22.5. The first-order valence-corrected chi connectivity index (χ1v) is 11.6. The number of urea groups is 1. The molecular weight excluding hydrogens is 398 g/mol. The van der Waals surface area contributed by atoms with E-state index in [0.29, 0.717) is 25.4 Å². The molecule has 0 spiro atoms. The van der Waals surface area contributed by atoms with Crippen molar-refractivity contribution in [3.8, 4) is 0 Å². The van der Waals surface area contributed by atoms with Crippen LogP contribution in [0.1, 0.15) is 45.6 Å². The second-order valence-corrected chi connectivity index (χ2v) is 9.41. The molecule has 1 atom stereocenters. The Hall–Kier alpha value is -2.02. The second kappa shape index (κ2) is 14.1. The van der Waals surface area contributed by atoms with Crippen molar-refractivity contribution in [3.63, 3.8) is 0 Å². The van der Waals surface area contributed by atoms with Crippen LogP contribution in [0.3, 0.4) is 0 Å². The van der Waals surface area contributed by atoms with Crippen LogP contribution in [-0.2, 0) is 16.0 Å². The Morgan fingerprint density at radius 1 is 1.03 bits per heavy atom. The highest BCUT2D eigenvalue weighted by Gasteiger charge is 2.25. The minimum absolute atomic E-state index is 0.117. The molecular formula is C23H37N3O3S. The van der Waals surface area contributed by atoms with Gasteiger partial charge < -0.3 is 15.1 Å². The average molecular weight is 436 g/mol. The van der Waals surface area contributed by atoms with Crippen LogP contribution in [0, 0.1) is 5.92 Å². The van der Waals surface area contributed by atoms with Gasteiger partial charge in [0.15, 0.2) is 5.12 Å². The quantitative estimate of drug-likeness (QED) is 0.507. The number of amides is 3. The van der Waals surface area contributed by atoms with Crippen molar-refractivity contribution in [2.24, 2.45) is 5.92 Å². The average Bonchev–Trinajstić information content (AvgIpc) is 2.69. The van der Waals surface area contributed by atoms with Gasteiger partial charge in [-0.1, -0.05) is 55.9 Å². The van der Waals surface area contributed by atoms with Crippen LogP contribution in [-0.4, -0.2) is 65.8 Å². The maximum absolute atomic E-state index is 13.0. The van der Waals surface area contributed by atoms with Crippen LogP contribution in [0.4, 0.5) is 4.79 Å². The SMILES string of the molecule is CC(=O)SCCCCN(CCC(C)C)C(=O)N[C@@H](Cc1ccccc1)C(=O)N(C)C. The van der Waals surface area contributed by atoms with Crippen molar-refractivity contribution in [1.82, 2.24) is 15.1 Å². The maximum atomic E-state index is 13.0. The molecule has 1 aromatic carbocycles. The lowest BCUT2D eigenvalue weighted by Gasteiger charge is -2.28. The lowest BCUT2D eigenvalue weighted by molar-refractivity contribution is -0.130. The largest absolute Gasteiger partial charge is 0.347 e. The van der Waals surface area contributed by atoms with Crippen LogP contribution in [0.5, 0.6) is 0 Å². The molecule has 7 heteroatoms. The van der Waals surface area contributed by atoms with Gasteiger partial charge in [-0.15, -0.1) is 0 Å². The van der Waals surface area contributed by atoms with Crippen molar-refractivity contribution >= 4 is 28.8 Å². The first kappa shape index (κ1) is 26.0. The Balaban J connectivity index is 2.78. The highest BCUT2D eigenvalue weighted by atomic mass is 32.2. The number of unbranched alkanes of at least 4 members (excludes halogenated alkanes) is 1. The topological polar surface area (TPSA) is 69.7 Å². The molecule has 1 aromatic rings. The van der Waals surface area contributed by atoms with E-state index in [0.717, 1.165) is 30.6 Å². The molecule has 1 N–H and O–H groups in total. The van der Waals surface area contributed by atoms with Gasteiger partial charge in [-0.25, -0.2) is 4.79 Å². The second-order valence-electron chi connectivity index (χ2n) is 8.14. The predicted octanol–water partition coefficient (Wildman–Crippen LogP) is 3.80. The number of rotatable bonds is 12. The summed E-state index contributed by atoms with van der Waals surface area (Å²) in [6, 6.07) is 8.92. The number of hydrogen-bond donors (Lipinski definition) is 1. The summed E-state index contributed by atoms with van der Waals surface area (Å²) in [4.78, 5) is 40.1. The molecule has 3 amide bonds. The van der Waals surface area contributed by atoms with Crippen LogP contribution in [0.2, 0.25) is 0 Å². The minimum atomic E-state index is -0.607. The van der Waals surface area contributed by atoms with Crippen molar-refractivity contribution < 1.29 is 14.4 Å². The fourth-order valence-electron chi connectivity index (χ4n) is 2.95. The molecule has 0 bridgehead atoms. The molecule has 0 unspecified atom stereocenters. The van der Waals surface area contributed by atoms with Gasteiger partial charge in [0.05, 0.1) is 0 Å². The summed E-state index contributed by atoms with van der Waals surface area (Å²) in [5.74, 6) is 1.14. The van der Waals surface area contributed by atoms with Gasteiger partial charge in [-0.3, -0.25) is 9.59 Å². The van der Waals surface area contributed by atoms with Crippen LogP contribution < -0.4 is 5.32 Å². The summed E-state index contributed by atoms with van der Waals surface area (Å²) in [6.45, 7) is 7.10. The molecule has 168 valence electrons. The molecule has 0 heterocycles. The molecule has 1 rings (SSSR count). The Morgan fingerprint density at radius 2 is 1.70 bits per heavy atom.